The van der Waals surface area contributed by atoms with Gasteiger partial charge in [-0.3, -0.25) is 19.2 Å². The van der Waals surface area contributed by atoms with Crippen molar-refractivity contribution in [2.24, 2.45) is 5.73 Å². The predicted octanol–water partition coefficient (Wildman–Crippen LogP) is -0.622. The molecule has 0 fully saturated rings. The van der Waals surface area contributed by atoms with E-state index in [9.17, 15) is 29.1 Å². The average molecular weight is 667 g/mol. The molecule has 0 aliphatic rings. The number of aromatic amines is 3. The lowest BCUT2D eigenvalue weighted by atomic mass is 10.0. The maximum atomic E-state index is 13.8. The minimum absolute atomic E-state index is 0.0172. The molecule has 17 heteroatoms. The van der Waals surface area contributed by atoms with Gasteiger partial charge in [-0.1, -0.05) is 18.2 Å². The lowest BCUT2D eigenvalue weighted by molar-refractivity contribution is -0.142. The summed E-state index contributed by atoms with van der Waals surface area (Å²) in [5.74, 6) is -3.37. The number of imidazole rings is 2. The summed E-state index contributed by atoms with van der Waals surface area (Å²) in [5.41, 5.74) is 8.19. The van der Waals surface area contributed by atoms with Crippen LogP contribution in [0, 0.1) is 0 Å². The fourth-order valence-corrected chi connectivity index (χ4v) is 5.42. The number of rotatable bonds is 18. The van der Waals surface area contributed by atoms with Crippen LogP contribution in [0.15, 0.2) is 55.5 Å². The summed E-state index contributed by atoms with van der Waals surface area (Å²) in [6.07, 6.45) is 9.59. The molecule has 0 saturated carbocycles. The van der Waals surface area contributed by atoms with Crippen LogP contribution in [0.1, 0.15) is 23.4 Å². The molecule has 1 aromatic carbocycles. The molecule has 10 N–H and O–H groups in total. The third-order valence-corrected chi connectivity index (χ3v) is 8.03. The van der Waals surface area contributed by atoms with Gasteiger partial charge in [0.05, 0.1) is 19.2 Å². The number of carbonyl (C=O) groups excluding carboxylic acids is 4. The van der Waals surface area contributed by atoms with Crippen LogP contribution in [0.4, 0.5) is 0 Å². The van der Waals surface area contributed by atoms with E-state index in [1.165, 1.54) is 36.8 Å². The third kappa shape index (κ3) is 9.91. The molecule has 47 heavy (non-hydrogen) atoms. The summed E-state index contributed by atoms with van der Waals surface area (Å²) in [4.78, 5) is 81.8. The maximum Gasteiger partial charge on any atom is 0.326 e. The molecular formula is C30H38N10O6S. The Morgan fingerprint density at radius 1 is 0.809 bits per heavy atom. The number of aliphatic carboxylic acids is 1. The Morgan fingerprint density at radius 3 is 1.98 bits per heavy atom. The first-order valence-electron chi connectivity index (χ1n) is 14.8. The fourth-order valence-electron chi connectivity index (χ4n) is 4.95. The lowest BCUT2D eigenvalue weighted by Gasteiger charge is -2.26. The van der Waals surface area contributed by atoms with Gasteiger partial charge in [-0.2, -0.15) is 11.8 Å². The second-order valence-corrected chi connectivity index (χ2v) is 11.7. The second kappa shape index (κ2) is 17.0. The highest BCUT2D eigenvalue weighted by Crippen LogP contribution is 2.19. The van der Waals surface area contributed by atoms with Crippen molar-refractivity contribution in [1.82, 2.24) is 46.2 Å². The minimum Gasteiger partial charge on any atom is -0.480 e. The number of thioether (sulfide) groups is 1. The standard InChI is InChI=1S/C30H38N10O6S/c1-47-7-6-22(27(42)40-25(30(45)46)10-19-14-33-16-36-19)38-29(44)24(9-18-13-32-15-35-18)39-28(43)23(37-26(41)11-31)8-17-12-34-21-5-3-2-4-20(17)21/h2-5,12-16,22-25,34H,6-11,31H2,1H3,(H,32,35)(H,33,36)(H,37,41)(H,38,44)(H,39,43)(H,40,42)(H,45,46)/t22-,23-,24-,25-/m0/s1. The largest absolute Gasteiger partial charge is 0.480 e. The number of carbonyl (C=O) groups is 5. The highest BCUT2D eigenvalue weighted by molar-refractivity contribution is 7.98. The van der Waals surface area contributed by atoms with Gasteiger partial charge in [-0.05, 0) is 30.1 Å². The summed E-state index contributed by atoms with van der Waals surface area (Å²) < 4.78 is 0. The van der Waals surface area contributed by atoms with Crippen LogP contribution < -0.4 is 27.0 Å². The summed E-state index contributed by atoms with van der Waals surface area (Å²) >= 11 is 1.44. The zero-order valence-electron chi connectivity index (χ0n) is 25.6. The number of nitrogens with zero attached hydrogens (tertiary/aromatic N) is 2. The van der Waals surface area contributed by atoms with Gasteiger partial charge < -0.3 is 47.1 Å². The zero-order chi connectivity index (χ0) is 33.8. The summed E-state index contributed by atoms with van der Waals surface area (Å²) in [5, 5.41) is 21.2. The van der Waals surface area contributed by atoms with E-state index in [0.717, 1.165) is 16.5 Å². The van der Waals surface area contributed by atoms with E-state index in [1.54, 1.807) is 6.20 Å². The normalized spacial score (nSPS) is 13.7. The predicted molar refractivity (Wildman–Crippen MR) is 174 cm³/mol. The first-order valence-corrected chi connectivity index (χ1v) is 16.2. The van der Waals surface area contributed by atoms with Crippen LogP contribution >= 0.6 is 11.8 Å². The smallest absolute Gasteiger partial charge is 0.326 e. The van der Waals surface area contributed by atoms with Crippen molar-refractivity contribution in [2.45, 2.75) is 49.9 Å². The molecule has 0 radical (unpaired) electrons. The van der Waals surface area contributed by atoms with Gasteiger partial charge in [-0.15, -0.1) is 0 Å². The topological polar surface area (TPSA) is 253 Å². The van der Waals surface area contributed by atoms with Crippen LogP contribution in [-0.4, -0.2) is 102 Å². The molecule has 0 unspecified atom stereocenters. The summed E-state index contributed by atoms with van der Waals surface area (Å²) in [7, 11) is 0. The number of benzene rings is 1. The van der Waals surface area contributed by atoms with Gasteiger partial charge in [0.25, 0.3) is 0 Å². The molecule has 4 rings (SSSR count). The molecule has 250 valence electrons. The second-order valence-electron chi connectivity index (χ2n) is 10.8. The van der Waals surface area contributed by atoms with E-state index in [4.69, 9.17) is 5.73 Å². The van der Waals surface area contributed by atoms with Crippen molar-refractivity contribution in [3.63, 3.8) is 0 Å². The molecule has 4 amide bonds. The maximum absolute atomic E-state index is 13.8. The minimum atomic E-state index is -1.28. The number of nitrogens with two attached hydrogens (primary N) is 1. The Bertz CT molecular complexity index is 1640. The van der Waals surface area contributed by atoms with E-state index in [-0.39, 0.29) is 32.2 Å². The Kier molecular flexibility index (Phi) is 12.5. The Labute approximate surface area is 273 Å². The fraction of sp³-hybridized carbons (Fsp3) is 0.367. The summed E-state index contributed by atoms with van der Waals surface area (Å²) in [6.45, 7) is -0.348. The van der Waals surface area contributed by atoms with Crippen molar-refractivity contribution in [3.05, 3.63) is 72.5 Å². The van der Waals surface area contributed by atoms with Crippen molar-refractivity contribution in [1.29, 1.82) is 0 Å². The zero-order valence-corrected chi connectivity index (χ0v) is 26.4. The number of nitrogens with one attached hydrogen (secondary N) is 7. The van der Waals surface area contributed by atoms with E-state index < -0.39 is 53.8 Å². The van der Waals surface area contributed by atoms with Crippen LogP contribution in [0.25, 0.3) is 10.9 Å². The highest BCUT2D eigenvalue weighted by atomic mass is 32.2. The van der Waals surface area contributed by atoms with Crippen LogP contribution in [0.3, 0.4) is 0 Å². The van der Waals surface area contributed by atoms with E-state index >= 15 is 0 Å². The highest BCUT2D eigenvalue weighted by Gasteiger charge is 2.32. The van der Waals surface area contributed by atoms with Crippen LogP contribution in [-0.2, 0) is 43.2 Å². The Balaban J connectivity index is 1.53. The molecule has 0 bridgehead atoms. The first-order chi connectivity index (χ1) is 22.7. The number of hydrogen-bond acceptors (Lipinski definition) is 9. The van der Waals surface area contributed by atoms with Gasteiger partial charge in [0.15, 0.2) is 0 Å². The SMILES string of the molecule is CSCC[C@H](NC(=O)[C@H](Cc1cnc[nH]1)NC(=O)[C@H](Cc1c[nH]c2ccccc12)NC(=O)CN)C(=O)N[C@@H](Cc1cnc[nH]1)C(=O)O. The molecule has 0 aliphatic heterocycles. The Hall–Kier alpha value is -5.16. The number of amides is 4. The van der Waals surface area contributed by atoms with Gasteiger partial charge in [0.1, 0.15) is 24.2 Å². The van der Waals surface area contributed by atoms with Gasteiger partial charge >= 0.3 is 5.97 Å². The van der Waals surface area contributed by atoms with Crippen molar-refractivity contribution < 1.29 is 29.1 Å². The van der Waals surface area contributed by atoms with Crippen molar-refractivity contribution >= 4 is 52.3 Å². The summed E-state index contributed by atoms with van der Waals surface area (Å²) in [6, 6.07) is 2.82. The molecule has 0 saturated heterocycles. The van der Waals surface area contributed by atoms with Gasteiger partial charge in [0, 0.05) is 60.1 Å². The average Bonchev–Trinajstić information content (AvgIpc) is 3.85. The van der Waals surface area contributed by atoms with E-state index in [1.807, 2.05) is 30.5 Å². The molecule has 4 atom stereocenters. The van der Waals surface area contributed by atoms with Crippen molar-refractivity contribution in [2.75, 3.05) is 18.6 Å². The van der Waals surface area contributed by atoms with Gasteiger partial charge in [0.2, 0.25) is 23.6 Å². The number of carboxylic acid groups (broad SMARTS) is 1. The number of aromatic nitrogens is 5. The quantitative estimate of drug-likeness (QED) is 0.0650. The molecule has 4 aromatic rings. The first kappa shape index (κ1) is 34.7. The van der Waals surface area contributed by atoms with Crippen molar-refractivity contribution in [3.8, 4) is 0 Å². The van der Waals surface area contributed by atoms with Gasteiger partial charge in [-0.25, -0.2) is 14.8 Å². The molecule has 0 aliphatic carbocycles. The van der Waals surface area contributed by atoms with E-state index in [0.29, 0.717) is 17.1 Å². The molecule has 3 aromatic heterocycles. The number of fused-ring (bicyclic) bond motifs is 1. The number of hydrogen-bond donors (Lipinski definition) is 9. The molecular weight excluding hydrogens is 628 g/mol. The molecule has 0 spiro atoms. The number of carboxylic acids is 1. The lowest BCUT2D eigenvalue weighted by Crippen LogP contribution is -2.59. The number of para-hydroxylation sites is 1. The molecule has 3 heterocycles. The third-order valence-electron chi connectivity index (χ3n) is 7.39. The Morgan fingerprint density at radius 2 is 1.38 bits per heavy atom. The van der Waals surface area contributed by atoms with Crippen LogP contribution in [0.2, 0.25) is 0 Å². The monoisotopic (exact) mass is 666 g/mol. The van der Waals surface area contributed by atoms with Crippen LogP contribution in [0.5, 0.6) is 0 Å². The molecule has 16 nitrogen and oxygen atoms in total. The van der Waals surface area contributed by atoms with E-state index in [2.05, 4.69) is 46.2 Å². The number of H-pyrrole nitrogens is 3.